The second-order valence-electron chi connectivity index (χ2n) is 4.15. The van der Waals surface area contributed by atoms with E-state index in [9.17, 15) is 4.79 Å². The third-order valence-corrected chi connectivity index (χ3v) is 2.76. The second kappa shape index (κ2) is 6.12. The number of carbonyl (C=O) groups excluding carboxylic acids is 1. The Morgan fingerprint density at radius 1 is 1.14 bits per heavy atom. The van der Waals surface area contributed by atoms with E-state index in [0.717, 1.165) is 0 Å². The van der Waals surface area contributed by atoms with E-state index in [1.54, 1.807) is 19.2 Å². The van der Waals surface area contributed by atoms with Crippen LogP contribution in [-0.2, 0) is 7.05 Å². The van der Waals surface area contributed by atoms with Gasteiger partial charge in [0.05, 0.1) is 27.5 Å². The minimum absolute atomic E-state index is 0.214. The Hall–Kier alpha value is -2.77. The maximum Gasteiger partial charge on any atom is 0.277 e. The lowest BCUT2D eigenvalue weighted by Gasteiger charge is -2.14. The number of hydrogen-bond acceptors (Lipinski definition) is 6. The molecule has 8 nitrogen and oxygen atoms in total. The van der Waals surface area contributed by atoms with Crippen LogP contribution >= 0.6 is 0 Å². The van der Waals surface area contributed by atoms with Crippen molar-refractivity contribution >= 4 is 11.6 Å². The number of nitrogens with one attached hydrogen (secondary N) is 1. The summed E-state index contributed by atoms with van der Waals surface area (Å²) in [5, 5.41) is 10.2. The van der Waals surface area contributed by atoms with Crippen molar-refractivity contribution in [1.82, 2.24) is 15.0 Å². The Kier molecular flexibility index (Phi) is 4.27. The summed E-state index contributed by atoms with van der Waals surface area (Å²) in [5.41, 5.74) is 0.714. The molecule has 0 fully saturated rings. The first kappa shape index (κ1) is 14.6. The summed E-state index contributed by atoms with van der Waals surface area (Å²) in [6.45, 7) is 0. The van der Waals surface area contributed by atoms with Crippen molar-refractivity contribution in [2.75, 3.05) is 26.6 Å². The first-order chi connectivity index (χ1) is 10.1. The number of aromatic nitrogens is 3. The smallest absolute Gasteiger partial charge is 0.277 e. The van der Waals surface area contributed by atoms with Crippen LogP contribution in [0.5, 0.6) is 17.2 Å². The van der Waals surface area contributed by atoms with Crippen molar-refractivity contribution in [1.29, 1.82) is 0 Å². The molecule has 2 aromatic rings. The Balaban J connectivity index is 2.29. The zero-order chi connectivity index (χ0) is 15.4. The van der Waals surface area contributed by atoms with Crippen molar-refractivity contribution in [3.05, 3.63) is 24.0 Å². The van der Waals surface area contributed by atoms with Gasteiger partial charge in [-0.2, -0.15) is 0 Å². The molecule has 0 bridgehead atoms. The number of aryl methyl sites for hydroxylation is 1. The van der Waals surface area contributed by atoms with Crippen molar-refractivity contribution in [3.63, 3.8) is 0 Å². The van der Waals surface area contributed by atoms with Gasteiger partial charge in [-0.15, -0.1) is 5.10 Å². The van der Waals surface area contributed by atoms with Crippen LogP contribution in [0, 0.1) is 0 Å². The predicted molar refractivity (Wildman–Crippen MR) is 75.1 cm³/mol. The Bertz CT molecular complexity index is 628. The Morgan fingerprint density at radius 2 is 1.76 bits per heavy atom. The topological polar surface area (TPSA) is 87.5 Å². The SMILES string of the molecule is COc1cc(NC(=O)c2cn(C)nn2)cc(OC)c1OC. The molecule has 0 saturated carbocycles. The maximum atomic E-state index is 12.0. The highest BCUT2D eigenvalue weighted by atomic mass is 16.5. The number of benzene rings is 1. The summed E-state index contributed by atoms with van der Waals surface area (Å²) in [6, 6.07) is 3.27. The van der Waals surface area contributed by atoms with Crippen molar-refractivity contribution in [3.8, 4) is 17.2 Å². The first-order valence-electron chi connectivity index (χ1n) is 6.06. The van der Waals surface area contributed by atoms with E-state index < -0.39 is 0 Å². The maximum absolute atomic E-state index is 12.0. The fourth-order valence-corrected chi connectivity index (χ4v) is 1.80. The van der Waals surface area contributed by atoms with Crippen LogP contribution in [-0.4, -0.2) is 42.2 Å². The first-order valence-corrected chi connectivity index (χ1v) is 6.06. The van der Waals surface area contributed by atoms with Crippen LogP contribution < -0.4 is 19.5 Å². The number of nitrogens with zero attached hydrogens (tertiary/aromatic N) is 3. The van der Waals surface area contributed by atoms with Gasteiger partial charge in [-0.3, -0.25) is 9.48 Å². The van der Waals surface area contributed by atoms with E-state index in [1.165, 1.54) is 32.2 Å². The molecule has 8 heteroatoms. The van der Waals surface area contributed by atoms with Gasteiger partial charge in [0.25, 0.3) is 5.91 Å². The summed E-state index contributed by atoms with van der Waals surface area (Å²) in [4.78, 5) is 12.0. The van der Waals surface area contributed by atoms with Crippen LogP contribution in [0.1, 0.15) is 10.5 Å². The molecule has 1 aromatic heterocycles. The van der Waals surface area contributed by atoms with Gasteiger partial charge < -0.3 is 19.5 Å². The highest BCUT2D eigenvalue weighted by molar-refractivity contribution is 6.02. The van der Waals surface area contributed by atoms with Gasteiger partial charge in [0.2, 0.25) is 5.75 Å². The standard InChI is InChI=1S/C13H16N4O4/c1-17-7-9(15-16-17)13(18)14-8-5-10(19-2)12(21-4)11(6-8)20-3/h5-7H,1-4H3,(H,14,18). The minimum atomic E-state index is -0.377. The van der Waals surface area contributed by atoms with E-state index in [4.69, 9.17) is 14.2 Å². The fraction of sp³-hybridized carbons (Fsp3) is 0.308. The molecule has 0 unspecified atom stereocenters. The van der Waals surface area contributed by atoms with Gasteiger partial charge in [-0.1, -0.05) is 5.21 Å². The molecule has 0 aliphatic rings. The molecule has 1 amide bonds. The second-order valence-corrected chi connectivity index (χ2v) is 4.15. The molecular formula is C13H16N4O4. The van der Waals surface area contributed by atoms with Crippen LogP contribution in [0.15, 0.2) is 18.3 Å². The third kappa shape index (κ3) is 3.04. The van der Waals surface area contributed by atoms with E-state index in [-0.39, 0.29) is 11.6 Å². The van der Waals surface area contributed by atoms with Gasteiger partial charge >= 0.3 is 0 Å². The molecule has 0 aliphatic heterocycles. The fourth-order valence-electron chi connectivity index (χ4n) is 1.80. The quantitative estimate of drug-likeness (QED) is 0.887. The molecular weight excluding hydrogens is 276 g/mol. The lowest BCUT2D eigenvalue weighted by atomic mass is 10.2. The molecule has 112 valence electrons. The predicted octanol–water partition coefficient (Wildman–Crippen LogP) is 1.09. The normalized spacial score (nSPS) is 10.1. The lowest BCUT2D eigenvalue weighted by Crippen LogP contribution is -2.12. The molecule has 0 aliphatic carbocycles. The van der Waals surface area contributed by atoms with E-state index >= 15 is 0 Å². The van der Waals surface area contributed by atoms with E-state index in [1.807, 2.05) is 0 Å². The summed E-state index contributed by atoms with van der Waals surface area (Å²) >= 11 is 0. The number of amides is 1. The van der Waals surface area contributed by atoms with Crippen molar-refractivity contribution in [2.24, 2.45) is 7.05 Å². The molecule has 21 heavy (non-hydrogen) atoms. The van der Waals surface area contributed by atoms with Crippen LogP contribution in [0.3, 0.4) is 0 Å². The average Bonchev–Trinajstić information content (AvgIpc) is 2.92. The van der Waals surface area contributed by atoms with E-state index in [0.29, 0.717) is 22.9 Å². The van der Waals surface area contributed by atoms with Crippen LogP contribution in [0.4, 0.5) is 5.69 Å². The van der Waals surface area contributed by atoms with Gasteiger partial charge in [0, 0.05) is 24.9 Å². The average molecular weight is 292 g/mol. The van der Waals surface area contributed by atoms with Crippen molar-refractivity contribution in [2.45, 2.75) is 0 Å². The zero-order valence-electron chi connectivity index (χ0n) is 12.2. The van der Waals surface area contributed by atoms with Crippen molar-refractivity contribution < 1.29 is 19.0 Å². The zero-order valence-corrected chi connectivity index (χ0v) is 12.2. The van der Waals surface area contributed by atoms with Gasteiger partial charge in [-0.05, 0) is 0 Å². The molecule has 0 spiro atoms. The summed E-state index contributed by atoms with van der Waals surface area (Å²) in [5.74, 6) is 0.979. The summed E-state index contributed by atoms with van der Waals surface area (Å²) in [7, 11) is 6.21. The monoisotopic (exact) mass is 292 g/mol. The Labute approximate surface area is 121 Å². The number of anilines is 1. The Morgan fingerprint density at radius 3 is 2.19 bits per heavy atom. The van der Waals surface area contributed by atoms with Crippen LogP contribution in [0.25, 0.3) is 0 Å². The number of hydrogen-bond donors (Lipinski definition) is 1. The van der Waals surface area contributed by atoms with Gasteiger partial charge in [0.1, 0.15) is 0 Å². The number of carbonyl (C=O) groups is 1. The lowest BCUT2D eigenvalue weighted by molar-refractivity contribution is 0.102. The highest BCUT2D eigenvalue weighted by Gasteiger charge is 2.16. The molecule has 0 atom stereocenters. The molecule has 0 saturated heterocycles. The number of rotatable bonds is 5. The number of methoxy groups -OCH3 is 3. The summed E-state index contributed by atoms with van der Waals surface area (Å²) < 4.78 is 17.1. The number of ether oxygens (including phenoxy) is 3. The summed E-state index contributed by atoms with van der Waals surface area (Å²) in [6.07, 6.45) is 1.52. The highest BCUT2D eigenvalue weighted by Crippen LogP contribution is 2.39. The molecule has 2 rings (SSSR count). The van der Waals surface area contributed by atoms with Crippen LogP contribution in [0.2, 0.25) is 0 Å². The molecule has 1 heterocycles. The molecule has 0 radical (unpaired) electrons. The third-order valence-electron chi connectivity index (χ3n) is 2.76. The molecule has 1 N–H and O–H groups in total. The largest absolute Gasteiger partial charge is 0.493 e. The van der Waals surface area contributed by atoms with Gasteiger partial charge in [0.15, 0.2) is 17.2 Å². The van der Waals surface area contributed by atoms with E-state index in [2.05, 4.69) is 15.6 Å². The minimum Gasteiger partial charge on any atom is -0.493 e. The van der Waals surface area contributed by atoms with Gasteiger partial charge in [-0.25, -0.2) is 0 Å². The molecule has 1 aromatic carbocycles.